The zero-order chi connectivity index (χ0) is 17.8. The Kier molecular flexibility index (Phi) is 3.50. The number of nitrogens with zero attached hydrogens (tertiary/aromatic N) is 2. The molecular formula is C17H11ClF3N3O. The first-order valence-corrected chi connectivity index (χ1v) is 7.89. The first kappa shape index (κ1) is 16.0. The smallest absolute Gasteiger partial charge is 0.350 e. The quantitative estimate of drug-likeness (QED) is 0.709. The summed E-state index contributed by atoms with van der Waals surface area (Å²) < 4.78 is 41.0. The number of carbonyl (C=O) groups excluding carboxylic acids is 1. The van der Waals surface area contributed by atoms with Gasteiger partial charge < -0.3 is 5.32 Å². The highest BCUT2D eigenvalue weighted by Crippen LogP contribution is 2.35. The second-order valence-corrected chi connectivity index (χ2v) is 6.20. The van der Waals surface area contributed by atoms with E-state index in [0.717, 1.165) is 15.5 Å². The van der Waals surface area contributed by atoms with Gasteiger partial charge >= 0.3 is 6.18 Å². The number of hydrogen-bond donors (Lipinski definition) is 1. The lowest BCUT2D eigenvalue weighted by Gasteiger charge is -2.15. The third-order valence-corrected chi connectivity index (χ3v) is 4.39. The lowest BCUT2D eigenvalue weighted by molar-refractivity contribution is -0.141. The molecule has 1 amide bonds. The molecule has 4 nitrogen and oxygen atoms in total. The maximum absolute atomic E-state index is 13.3. The Balaban J connectivity index is 1.95. The normalized spacial score (nSPS) is 14.5. The van der Waals surface area contributed by atoms with Gasteiger partial charge in [0.25, 0.3) is 5.91 Å². The van der Waals surface area contributed by atoms with Crippen molar-refractivity contribution in [2.24, 2.45) is 0 Å². The Labute approximate surface area is 145 Å². The molecule has 1 aliphatic rings. The predicted octanol–water partition coefficient (Wildman–Crippen LogP) is 3.98. The molecule has 0 saturated heterocycles. The van der Waals surface area contributed by atoms with Gasteiger partial charge in [-0.2, -0.15) is 18.3 Å². The van der Waals surface area contributed by atoms with E-state index >= 15 is 0 Å². The maximum Gasteiger partial charge on any atom is 0.435 e. The second-order valence-electron chi connectivity index (χ2n) is 5.77. The third-order valence-electron chi connectivity index (χ3n) is 4.16. The Hall–Kier alpha value is -2.54. The molecule has 128 valence electrons. The molecule has 0 radical (unpaired) electrons. The number of benzene rings is 2. The van der Waals surface area contributed by atoms with Crippen molar-refractivity contribution in [3.8, 4) is 5.69 Å². The Bertz CT molecular complexity index is 1010. The summed E-state index contributed by atoms with van der Waals surface area (Å²) in [6.45, 7) is 0.164. The average molecular weight is 366 g/mol. The van der Waals surface area contributed by atoms with Gasteiger partial charge in [0, 0.05) is 17.1 Å². The van der Waals surface area contributed by atoms with E-state index in [4.69, 9.17) is 11.6 Å². The molecule has 0 aliphatic carbocycles. The first-order valence-electron chi connectivity index (χ1n) is 7.51. The van der Waals surface area contributed by atoms with Gasteiger partial charge in [-0.3, -0.25) is 4.79 Å². The number of amides is 1. The van der Waals surface area contributed by atoms with E-state index in [1.165, 1.54) is 0 Å². The number of carbonyl (C=O) groups is 1. The molecule has 0 spiro atoms. The molecular weight excluding hydrogens is 355 g/mol. The molecule has 0 unspecified atom stereocenters. The van der Waals surface area contributed by atoms with Gasteiger partial charge in [-0.1, -0.05) is 23.7 Å². The van der Waals surface area contributed by atoms with Crippen LogP contribution in [0.5, 0.6) is 0 Å². The van der Waals surface area contributed by atoms with E-state index in [1.54, 1.807) is 36.4 Å². The molecule has 0 fully saturated rings. The topological polar surface area (TPSA) is 46.9 Å². The Morgan fingerprint density at radius 1 is 1.12 bits per heavy atom. The Morgan fingerprint density at radius 3 is 2.60 bits per heavy atom. The summed E-state index contributed by atoms with van der Waals surface area (Å²) in [4.78, 5) is 12.2. The SMILES string of the molecule is O=C1NCCc2c(C(F)(F)F)nn(-c3ccc4cc(Cl)ccc4c3)c21. The maximum atomic E-state index is 13.3. The van der Waals surface area contributed by atoms with Gasteiger partial charge in [0.15, 0.2) is 5.69 Å². The minimum absolute atomic E-state index is 0.0625. The van der Waals surface area contributed by atoms with E-state index in [2.05, 4.69) is 10.4 Å². The van der Waals surface area contributed by atoms with Crippen molar-refractivity contribution in [1.29, 1.82) is 0 Å². The van der Waals surface area contributed by atoms with Gasteiger partial charge in [0.2, 0.25) is 0 Å². The fourth-order valence-electron chi connectivity index (χ4n) is 3.06. The highest BCUT2D eigenvalue weighted by atomic mass is 35.5. The van der Waals surface area contributed by atoms with Crippen molar-refractivity contribution >= 4 is 28.3 Å². The number of fused-ring (bicyclic) bond motifs is 2. The monoisotopic (exact) mass is 365 g/mol. The molecule has 2 aromatic carbocycles. The van der Waals surface area contributed by atoms with E-state index < -0.39 is 17.8 Å². The molecule has 1 N–H and O–H groups in total. The fraction of sp³-hybridized carbons (Fsp3) is 0.176. The van der Waals surface area contributed by atoms with Crippen LogP contribution in [0.3, 0.4) is 0 Å². The molecule has 4 rings (SSSR count). The van der Waals surface area contributed by atoms with Crippen LogP contribution in [0.2, 0.25) is 5.02 Å². The van der Waals surface area contributed by atoms with Crippen LogP contribution >= 0.6 is 11.6 Å². The van der Waals surface area contributed by atoms with Crippen molar-refractivity contribution in [2.45, 2.75) is 12.6 Å². The van der Waals surface area contributed by atoms with Gasteiger partial charge in [-0.15, -0.1) is 0 Å². The summed E-state index contributed by atoms with van der Waals surface area (Å²) >= 11 is 5.95. The lowest BCUT2D eigenvalue weighted by Crippen LogP contribution is -2.33. The van der Waals surface area contributed by atoms with Crippen LogP contribution in [0.1, 0.15) is 21.7 Å². The molecule has 8 heteroatoms. The highest BCUT2D eigenvalue weighted by molar-refractivity contribution is 6.31. The molecule has 25 heavy (non-hydrogen) atoms. The van der Waals surface area contributed by atoms with Gasteiger partial charge in [-0.25, -0.2) is 4.68 Å². The minimum atomic E-state index is -4.61. The standard InChI is InChI=1S/C17H11ClF3N3O/c18-11-3-1-10-8-12(4-2-9(10)7-11)24-14-13(5-6-22-16(14)25)15(23-24)17(19,20)21/h1-4,7-8H,5-6H2,(H,22,25). The van der Waals surface area contributed by atoms with Crippen molar-refractivity contribution in [1.82, 2.24) is 15.1 Å². The average Bonchev–Trinajstić information content (AvgIpc) is 2.95. The van der Waals surface area contributed by atoms with Crippen LogP contribution in [0, 0.1) is 0 Å². The summed E-state index contributed by atoms with van der Waals surface area (Å²) in [5.74, 6) is -0.555. The van der Waals surface area contributed by atoms with Crippen molar-refractivity contribution < 1.29 is 18.0 Å². The number of nitrogens with one attached hydrogen (secondary N) is 1. The molecule has 2 heterocycles. The van der Waals surface area contributed by atoms with Crippen molar-refractivity contribution in [3.63, 3.8) is 0 Å². The summed E-state index contributed by atoms with van der Waals surface area (Å²) in [7, 11) is 0. The van der Waals surface area contributed by atoms with Crippen LogP contribution < -0.4 is 5.32 Å². The number of hydrogen-bond acceptors (Lipinski definition) is 2. The number of aromatic nitrogens is 2. The van der Waals surface area contributed by atoms with Crippen LogP contribution in [0.25, 0.3) is 16.5 Å². The van der Waals surface area contributed by atoms with Crippen LogP contribution in [0.4, 0.5) is 13.2 Å². The zero-order valence-electron chi connectivity index (χ0n) is 12.7. The van der Waals surface area contributed by atoms with E-state index in [9.17, 15) is 18.0 Å². The predicted molar refractivity (Wildman–Crippen MR) is 87.1 cm³/mol. The Morgan fingerprint density at radius 2 is 1.84 bits per heavy atom. The second kappa shape index (κ2) is 5.49. The van der Waals surface area contributed by atoms with Crippen molar-refractivity contribution in [3.05, 3.63) is 58.4 Å². The molecule has 0 atom stereocenters. The van der Waals surface area contributed by atoms with Gasteiger partial charge in [0.05, 0.1) is 5.69 Å². The summed E-state index contributed by atoms with van der Waals surface area (Å²) in [5, 5.41) is 8.48. The summed E-state index contributed by atoms with van der Waals surface area (Å²) in [5.41, 5.74) is -0.744. The molecule has 0 bridgehead atoms. The van der Waals surface area contributed by atoms with Crippen molar-refractivity contribution in [2.75, 3.05) is 6.54 Å². The molecule has 1 aromatic heterocycles. The number of rotatable bonds is 1. The van der Waals surface area contributed by atoms with E-state index in [-0.39, 0.29) is 24.2 Å². The van der Waals surface area contributed by atoms with Crippen LogP contribution in [0.15, 0.2) is 36.4 Å². The number of halogens is 4. The van der Waals surface area contributed by atoms with E-state index in [1.807, 2.05) is 0 Å². The number of alkyl halides is 3. The molecule has 0 saturated carbocycles. The lowest BCUT2D eigenvalue weighted by atomic mass is 10.0. The molecule has 1 aliphatic heterocycles. The zero-order valence-corrected chi connectivity index (χ0v) is 13.4. The summed E-state index contributed by atoms with van der Waals surface area (Å²) in [6, 6.07) is 10.3. The molecule has 3 aromatic rings. The largest absolute Gasteiger partial charge is 0.435 e. The fourth-order valence-corrected chi connectivity index (χ4v) is 3.24. The highest BCUT2D eigenvalue weighted by Gasteiger charge is 2.41. The first-order chi connectivity index (χ1) is 11.8. The van der Waals surface area contributed by atoms with Gasteiger partial charge in [0.1, 0.15) is 5.69 Å². The van der Waals surface area contributed by atoms with E-state index in [0.29, 0.717) is 10.7 Å². The third kappa shape index (κ3) is 2.64. The summed E-state index contributed by atoms with van der Waals surface area (Å²) in [6.07, 6.45) is -4.52. The minimum Gasteiger partial charge on any atom is -0.350 e. The van der Waals surface area contributed by atoms with Crippen LogP contribution in [-0.2, 0) is 12.6 Å². The van der Waals surface area contributed by atoms with Crippen LogP contribution in [-0.4, -0.2) is 22.2 Å². The van der Waals surface area contributed by atoms with Gasteiger partial charge in [-0.05, 0) is 41.5 Å².